The van der Waals surface area contributed by atoms with Gasteiger partial charge in [0.2, 0.25) is 5.89 Å². The lowest BCUT2D eigenvalue weighted by atomic mass is 10.3. The number of nitrogens with one attached hydrogen (secondary N) is 1. The molecule has 1 N–H and O–H groups in total. The number of hydrogen-bond donors (Lipinski definition) is 1. The van der Waals surface area contributed by atoms with E-state index >= 15 is 0 Å². The topological polar surface area (TPSA) is 85.1 Å². The molecule has 0 saturated carbocycles. The van der Waals surface area contributed by atoms with Gasteiger partial charge in [-0.25, -0.2) is 8.42 Å². The van der Waals surface area contributed by atoms with Crippen LogP contribution in [0.4, 0.5) is 5.69 Å². The molecule has 0 aliphatic heterocycles. The van der Waals surface area contributed by atoms with E-state index in [4.69, 9.17) is 16.1 Å². The largest absolute Gasteiger partial charge is 0.376 e. The zero-order valence-electron chi connectivity index (χ0n) is 11.0. The molecule has 0 spiro atoms. The van der Waals surface area contributed by atoms with E-state index in [2.05, 4.69) is 15.5 Å². The van der Waals surface area contributed by atoms with E-state index in [-0.39, 0.29) is 5.82 Å². The molecule has 1 aromatic carbocycles. The Balaban J connectivity index is 2.03. The van der Waals surface area contributed by atoms with Gasteiger partial charge in [-0.3, -0.25) is 0 Å². The summed E-state index contributed by atoms with van der Waals surface area (Å²) in [6.45, 7) is 1.82. The highest BCUT2D eigenvalue weighted by Crippen LogP contribution is 2.19. The maximum atomic E-state index is 11.4. The van der Waals surface area contributed by atoms with Crippen LogP contribution in [0.2, 0.25) is 5.02 Å². The standard InChI is InChI=1S/C12H14ClN3O3S/c1-8(20(2,17)18)12-15-11(19-16-12)7-14-10-5-3-4-9(13)6-10/h3-6,8,14H,7H2,1-2H3. The first kappa shape index (κ1) is 14.8. The van der Waals surface area contributed by atoms with Crippen molar-refractivity contribution < 1.29 is 12.9 Å². The molecule has 108 valence electrons. The Kier molecular flexibility index (Phi) is 4.29. The molecule has 20 heavy (non-hydrogen) atoms. The van der Waals surface area contributed by atoms with Crippen LogP contribution in [-0.4, -0.2) is 24.8 Å². The lowest BCUT2D eigenvalue weighted by Gasteiger charge is -2.03. The number of benzene rings is 1. The zero-order valence-corrected chi connectivity index (χ0v) is 12.6. The third-order valence-corrected chi connectivity index (χ3v) is 4.49. The van der Waals surface area contributed by atoms with Crippen molar-refractivity contribution in [3.63, 3.8) is 0 Å². The average Bonchev–Trinajstić information content (AvgIpc) is 2.83. The normalized spacial score (nSPS) is 13.2. The lowest BCUT2D eigenvalue weighted by Crippen LogP contribution is -2.09. The highest BCUT2D eigenvalue weighted by atomic mass is 35.5. The summed E-state index contributed by atoms with van der Waals surface area (Å²) in [4.78, 5) is 4.06. The van der Waals surface area contributed by atoms with Gasteiger partial charge >= 0.3 is 0 Å². The van der Waals surface area contributed by atoms with Gasteiger partial charge in [-0.15, -0.1) is 0 Å². The first-order valence-electron chi connectivity index (χ1n) is 5.87. The number of aromatic nitrogens is 2. The number of halogens is 1. The third-order valence-electron chi connectivity index (χ3n) is 2.76. The molecule has 0 fully saturated rings. The van der Waals surface area contributed by atoms with E-state index < -0.39 is 15.1 Å². The minimum atomic E-state index is -3.24. The number of sulfone groups is 1. The average molecular weight is 316 g/mol. The number of anilines is 1. The second-order valence-corrected chi connectivity index (χ2v) is 7.18. The fraction of sp³-hybridized carbons (Fsp3) is 0.333. The highest BCUT2D eigenvalue weighted by Gasteiger charge is 2.22. The summed E-state index contributed by atoms with van der Waals surface area (Å²) in [6, 6.07) is 7.20. The fourth-order valence-electron chi connectivity index (χ4n) is 1.47. The van der Waals surface area contributed by atoms with E-state index in [1.807, 2.05) is 12.1 Å². The summed E-state index contributed by atoms with van der Waals surface area (Å²) < 4.78 is 27.8. The maximum absolute atomic E-state index is 11.4. The summed E-state index contributed by atoms with van der Waals surface area (Å²) in [6.07, 6.45) is 1.14. The van der Waals surface area contributed by atoms with Crippen molar-refractivity contribution in [2.45, 2.75) is 18.7 Å². The molecule has 0 amide bonds. The molecule has 1 atom stereocenters. The molecule has 0 saturated heterocycles. The van der Waals surface area contributed by atoms with Crippen molar-refractivity contribution in [3.05, 3.63) is 41.0 Å². The van der Waals surface area contributed by atoms with Crippen molar-refractivity contribution >= 4 is 27.1 Å². The van der Waals surface area contributed by atoms with Crippen LogP contribution in [0.25, 0.3) is 0 Å². The summed E-state index contributed by atoms with van der Waals surface area (Å²) in [7, 11) is -3.24. The van der Waals surface area contributed by atoms with Gasteiger partial charge in [0.15, 0.2) is 15.7 Å². The van der Waals surface area contributed by atoms with E-state index in [0.717, 1.165) is 11.9 Å². The van der Waals surface area contributed by atoms with Gasteiger partial charge in [0, 0.05) is 17.0 Å². The Morgan fingerprint density at radius 3 is 2.85 bits per heavy atom. The molecule has 0 aliphatic rings. The van der Waals surface area contributed by atoms with Crippen LogP contribution in [0.5, 0.6) is 0 Å². The van der Waals surface area contributed by atoms with Crippen LogP contribution in [0.1, 0.15) is 23.9 Å². The Hall–Kier alpha value is -1.60. The quantitative estimate of drug-likeness (QED) is 0.912. The minimum absolute atomic E-state index is 0.162. The van der Waals surface area contributed by atoms with Gasteiger partial charge in [-0.1, -0.05) is 22.8 Å². The first-order chi connectivity index (χ1) is 9.36. The maximum Gasteiger partial charge on any atom is 0.245 e. The molecule has 0 radical (unpaired) electrons. The van der Waals surface area contributed by atoms with Crippen LogP contribution in [-0.2, 0) is 16.4 Å². The lowest BCUT2D eigenvalue weighted by molar-refractivity contribution is 0.377. The van der Waals surface area contributed by atoms with Crippen LogP contribution < -0.4 is 5.32 Å². The van der Waals surface area contributed by atoms with E-state index in [1.54, 1.807) is 12.1 Å². The Morgan fingerprint density at radius 2 is 2.20 bits per heavy atom. The smallest absolute Gasteiger partial charge is 0.245 e. The van der Waals surface area contributed by atoms with Crippen molar-refractivity contribution in [2.24, 2.45) is 0 Å². The van der Waals surface area contributed by atoms with Crippen molar-refractivity contribution in [1.29, 1.82) is 0 Å². The van der Waals surface area contributed by atoms with Crippen molar-refractivity contribution in [3.8, 4) is 0 Å². The molecule has 2 aromatic rings. The van der Waals surface area contributed by atoms with Gasteiger partial charge in [0.1, 0.15) is 5.25 Å². The minimum Gasteiger partial charge on any atom is -0.376 e. The van der Waals surface area contributed by atoms with Crippen LogP contribution in [0.3, 0.4) is 0 Å². The van der Waals surface area contributed by atoms with Crippen molar-refractivity contribution in [1.82, 2.24) is 10.1 Å². The van der Waals surface area contributed by atoms with Crippen molar-refractivity contribution in [2.75, 3.05) is 11.6 Å². The molecule has 1 aromatic heterocycles. The molecule has 8 heteroatoms. The first-order valence-corrected chi connectivity index (χ1v) is 8.20. The number of nitrogens with zero attached hydrogens (tertiary/aromatic N) is 2. The molecular formula is C12H14ClN3O3S. The van der Waals surface area contributed by atoms with E-state index in [1.165, 1.54) is 6.92 Å². The van der Waals surface area contributed by atoms with Gasteiger partial charge < -0.3 is 9.84 Å². The molecule has 1 unspecified atom stereocenters. The second-order valence-electron chi connectivity index (χ2n) is 4.38. The summed E-state index contributed by atoms with van der Waals surface area (Å²) in [5, 5.41) is 6.58. The Labute approximate surface area is 122 Å². The van der Waals surface area contributed by atoms with Gasteiger partial charge in [-0.05, 0) is 25.1 Å². The summed E-state index contributed by atoms with van der Waals surface area (Å²) in [5.74, 6) is 0.478. The number of hydrogen-bond acceptors (Lipinski definition) is 6. The predicted molar refractivity (Wildman–Crippen MR) is 76.3 cm³/mol. The fourth-order valence-corrected chi connectivity index (χ4v) is 2.14. The molecule has 0 bridgehead atoms. The molecule has 6 nitrogen and oxygen atoms in total. The second kappa shape index (κ2) is 5.80. The monoisotopic (exact) mass is 315 g/mol. The highest BCUT2D eigenvalue weighted by molar-refractivity contribution is 7.90. The summed E-state index contributed by atoms with van der Waals surface area (Å²) >= 11 is 5.86. The van der Waals surface area contributed by atoms with Crippen LogP contribution >= 0.6 is 11.6 Å². The predicted octanol–water partition coefficient (Wildman–Crippen LogP) is 2.44. The molecule has 1 heterocycles. The van der Waals surface area contributed by atoms with Crippen LogP contribution in [0, 0.1) is 0 Å². The van der Waals surface area contributed by atoms with Gasteiger partial charge in [-0.2, -0.15) is 4.98 Å². The van der Waals surface area contributed by atoms with E-state index in [9.17, 15) is 8.42 Å². The molecule has 2 rings (SSSR count). The Bertz CT molecular complexity index is 699. The number of rotatable bonds is 5. The molecule has 0 aliphatic carbocycles. The van der Waals surface area contributed by atoms with Crippen LogP contribution in [0.15, 0.2) is 28.8 Å². The SMILES string of the molecule is CC(c1noc(CNc2cccc(Cl)c2)n1)S(C)(=O)=O. The zero-order chi connectivity index (χ0) is 14.8. The van der Waals surface area contributed by atoms with E-state index in [0.29, 0.717) is 17.5 Å². The Morgan fingerprint density at radius 1 is 1.45 bits per heavy atom. The van der Waals surface area contributed by atoms with Gasteiger partial charge in [0.25, 0.3) is 0 Å². The molecular weight excluding hydrogens is 302 g/mol. The van der Waals surface area contributed by atoms with Gasteiger partial charge in [0.05, 0.1) is 6.54 Å². The third kappa shape index (κ3) is 3.71. The summed E-state index contributed by atoms with van der Waals surface area (Å²) in [5.41, 5.74) is 0.813.